The summed E-state index contributed by atoms with van der Waals surface area (Å²) in [4.78, 5) is 12.9. The van der Waals surface area contributed by atoms with Gasteiger partial charge in [0.05, 0.1) is 23.3 Å². The van der Waals surface area contributed by atoms with Gasteiger partial charge in [0.2, 0.25) is 0 Å². The van der Waals surface area contributed by atoms with Crippen LogP contribution in [0.25, 0.3) is 5.69 Å². The van der Waals surface area contributed by atoms with Gasteiger partial charge in [0.25, 0.3) is 0 Å². The largest absolute Gasteiger partial charge is 0.291 e. The van der Waals surface area contributed by atoms with Gasteiger partial charge in [-0.2, -0.15) is 15.0 Å². The minimum absolute atomic E-state index is 0.787. The Labute approximate surface area is 134 Å². The molecule has 0 fully saturated rings. The quantitative estimate of drug-likeness (QED) is 0.740. The number of fused-ring (bicyclic) bond motifs is 1. The van der Waals surface area contributed by atoms with Gasteiger partial charge in [0.1, 0.15) is 5.82 Å². The van der Waals surface area contributed by atoms with Gasteiger partial charge in [-0.1, -0.05) is 18.2 Å². The molecule has 0 unspecified atom stereocenters. The average Bonchev–Trinajstić information content (AvgIpc) is 3.04. The van der Waals surface area contributed by atoms with E-state index in [-0.39, 0.29) is 0 Å². The molecule has 1 aromatic carbocycles. The van der Waals surface area contributed by atoms with E-state index >= 15 is 0 Å². The fourth-order valence-electron chi connectivity index (χ4n) is 2.87. The van der Waals surface area contributed by atoms with Crippen molar-refractivity contribution in [3.63, 3.8) is 0 Å². The molecular weight excluding hydrogens is 288 g/mol. The van der Waals surface area contributed by atoms with Crippen molar-refractivity contribution >= 4 is 0 Å². The fraction of sp³-hybridized carbons (Fsp3) is 0.294. The van der Waals surface area contributed by atoms with Crippen molar-refractivity contribution in [3.05, 3.63) is 65.5 Å². The molecule has 0 N–H and O–H groups in total. The van der Waals surface area contributed by atoms with Crippen LogP contribution in [-0.4, -0.2) is 36.4 Å². The summed E-state index contributed by atoms with van der Waals surface area (Å²) in [5.74, 6) is 0.834. The minimum atomic E-state index is 0.787. The molecule has 116 valence electrons. The molecule has 0 atom stereocenters. The first-order chi connectivity index (χ1) is 11.3. The van der Waals surface area contributed by atoms with Crippen molar-refractivity contribution in [2.75, 3.05) is 6.54 Å². The van der Waals surface area contributed by atoms with Crippen LogP contribution < -0.4 is 0 Å². The summed E-state index contributed by atoms with van der Waals surface area (Å²) in [6.07, 6.45) is 4.79. The Balaban J connectivity index is 1.48. The predicted octanol–water partition coefficient (Wildman–Crippen LogP) is 1.92. The maximum Gasteiger partial charge on any atom is 0.125 e. The number of para-hydroxylation sites is 1. The summed E-state index contributed by atoms with van der Waals surface area (Å²) >= 11 is 0. The standard InChI is InChI=1S/C17H18N6/c1-13-18-9-14-7-8-22(12-17(14)20-13)11-15-10-19-23(21-15)16-5-3-2-4-6-16/h2-6,9-10H,7-8,11-12H2,1H3. The first-order valence-corrected chi connectivity index (χ1v) is 7.78. The zero-order valence-corrected chi connectivity index (χ0v) is 13.1. The highest BCUT2D eigenvalue weighted by molar-refractivity contribution is 5.28. The van der Waals surface area contributed by atoms with Gasteiger partial charge in [-0.25, -0.2) is 9.97 Å². The van der Waals surface area contributed by atoms with E-state index in [4.69, 9.17) is 0 Å². The fourth-order valence-corrected chi connectivity index (χ4v) is 2.87. The van der Waals surface area contributed by atoms with Gasteiger partial charge < -0.3 is 0 Å². The number of benzene rings is 1. The van der Waals surface area contributed by atoms with Crippen LogP contribution in [0.2, 0.25) is 0 Å². The molecular formula is C17H18N6. The molecule has 0 saturated carbocycles. The smallest absolute Gasteiger partial charge is 0.125 e. The third kappa shape index (κ3) is 2.98. The Kier molecular flexibility index (Phi) is 3.59. The molecule has 0 aliphatic carbocycles. The van der Waals surface area contributed by atoms with Crippen LogP contribution in [0.4, 0.5) is 0 Å². The van der Waals surface area contributed by atoms with Crippen molar-refractivity contribution in [3.8, 4) is 5.69 Å². The van der Waals surface area contributed by atoms with E-state index in [9.17, 15) is 0 Å². The summed E-state index contributed by atoms with van der Waals surface area (Å²) in [5.41, 5.74) is 4.35. The molecule has 3 heterocycles. The molecule has 3 aromatic rings. The number of rotatable bonds is 3. The van der Waals surface area contributed by atoms with Crippen molar-refractivity contribution in [1.82, 2.24) is 29.9 Å². The van der Waals surface area contributed by atoms with E-state index < -0.39 is 0 Å². The molecule has 0 saturated heterocycles. The summed E-state index contributed by atoms with van der Waals surface area (Å²) in [6.45, 7) is 4.56. The molecule has 0 bridgehead atoms. The first-order valence-electron chi connectivity index (χ1n) is 7.78. The van der Waals surface area contributed by atoms with Gasteiger partial charge in [-0.3, -0.25) is 4.90 Å². The molecule has 0 spiro atoms. The zero-order valence-electron chi connectivity index (χ0n) is 13.1. The lowest BCUT2D eigenvalue weighted by atomic mass is 10.1. The average molecular weight is 306 g/mol. The SMILES string of the molecule is Cc1ncc2c(n1)CN(Cc1cnn(-c3ccccc3)n1)CC2. The zero-order chi connectivity index (χ0) is 15.6. The van der Waals surface area contributed by atoms with Gasteiger partial charge in [-0.15, -0.1) is 0 Å². The maximum absolute atomic E-state index is 4.58. The van der Waals surface area contributed by atoms with Crippen molar-refractivity contribution in [2.45, 2.75) is 26.4 Å². The minimum Gasteiger partial charge on any atom is -0.291 e. The second-order valence-corrected chi connectivity index (χ2v) is 5.81. The van der Waals surface area contributed by atoms with Crippen LogP contribution in [0.5, 0.6) is 0 Å². The summed E-state index contributed by atoms with van der Waals surface area (Å²) in [6, 6.07) is 9.97. The summed E-state index contributed by atoms with van der Waals surface area (Å²) in [7, 11) is 0. The van der Waals surface area contributed by atoms with Crippen LogP contribution in [0.3, 0.4) is 0 Å². The Hall–Kier alpha value is -2.60. The van der Waals surface area contributed by atoms with E-state index in [1.807, 2.05) is 49.6 Å². The lowest BCUT2D eigenvalue weighted by Gasteiger charge is -2.26. The monoisotopic (exact) mass is 306 g/mol. The number of aryl methyl sites for hydroxylation is 1. The van der Waals surface area contributed by atoms with E-state index in [0.717, 1.165) is 49.0 Å². The molecule has 1 aliphatic heterocycles. The van der Waals surface area contributed by atoms with E-state index in [0.29, 0.717) is 0 Å². The Morgan fingerprint density at radius 1 is 1.13 bits per heavy atom. The Bertz CT molecular complexity index is 811. The van der Waals surface area contributed by atoms with E-state index in [1.54, 1.807) is 4.80 Å². The molecule has 0 amide bonds. The predicted molar refractivity (Wildman–Crippen MR) is 85.9 cm³/mol. The number of aromatic nitrogens is 5. The molecule has 23 heavy (non-hydrogen) atoms. The topological polar surface area (TPSA) is 59.7 Å². The third-order valence-corrected chi connectivity index (χ3v) is 4.06. The van der Waals surface area contributed by atoms with Crippen LogP contribution in [0, 0.1) is 6.92 Å². The van der Waals surface area contributed by atoms with Crippen LogP contribution in [-0.2, 0) is 19.5 Å². The molecule has 6 heteroatoms. The van der Waals surface area contributed by atoms with Crippen molar-refractivity contribution in [2.24, 2.45) is 0 Å². The van der Waals surface area contributed by atoms with E-state index in [2.05, 4.69) is 25.1 Å². The Morgan fingerprint density at radius 2 is 2.00 bits per heavy atom. The number of hydrogen-bond acceptors (Lipinski definition) is 5. The van der Waals surface area contributed by atoms with Gasteiger partial charge in [0.15, 0.2) is 0 Å². The highest BCUT2D eigenvalue weighted by Gasteiger charge is 2.19. The number of hydrogen-bond donors (Lipinski definition) is 0. The first kappa shape index (κ1) is 14.0. The highest BCUT2D eigenvalue weighted by atomic mass is 15.5. The normalized spacial score (nSPS) is 14.7. The van der Waals surface area contributed by atoms with Gasteiger partial charge in [0, 0.05) is 25.8 Å². The second kappa shape index (κ2) is 5.89. The summed E-state index contributed by atoms with van der Waals surface area (Å²) < 4.78 is 0. The lowest BCUT2D eigenvalue weighted by molar-refractivity contribution is 0.237. The van der Waals surface area contributed by atoms with E-state index in [1.165, 1.54) is 5.56 Å². The third-order valence-electron chi connectivity index (χ3n) is 4.06. The molecule has 0 radical (unpaired) electrons. The number of nitrogens with zero attached hydrogens (tertiary/aromatic N) is 6. The molecule has 1 aliphatic rings. The Morgan fingerprint density at radius 3 is 2.87 bits per heavy atom. The van der Waals surface area contributed by atoms with Crippen molar-refractivity contribution in [1.29, 1.82) is 0 Å². The van der Waals surface area contributed by atoms with Crippen molar-refractivity contribution < 1.29 is 0 Å². The summed E-state index contributed by atoms with van der Waals surface area (Å²) in [5, 5.41) is 8.94. The van der Waals surface area contributed by atoms with Crippen LogP contribution >= 0.6 is 0 Å². The maximum atomic E-state index is 4.58. The second-order valence-electron chi connectivity index (χ2n) is 5.81. The molecule has 6 nitrogen and oxygen atoms in total. The van der Waals surface area contributed by atoms with Gasteiger partial charge >= 0.3 is 0 Å². The highest BCUT2D eigenvalue weighted by Crippen LogP contribution is 2.18. The molecule has 2 aromatic heterocycles. The van der Waals surface area contributed by atoms with Crippen LogP contribution in [0.15, 0.2) is 42.7 Å². The molecule has 4 rings (SSSR count). The van der Waals surface area contributed by atoms with Crippen LogP contribution in [0.1, 0.15) is 22.8 Å². The van der Waals surface area contributed by atoms with Gasteiger partial charge in [-0.05, 0) is 31.0 Å². The lowest BCUT2D eigenvalue weighted by Crippen LogP contribution is -2.31.